The second kappa shape index (κ2) is 6.42. The molecular weight excluding hydrogens is 216 g/mol. The maximum atomic E-state index is 10.8. The average molecular weight is 238 g/mol. The Hall–Kier alpha value is -0.170. The monoisotopic (exact) mass is 238 g/mol. The molecule has 0 rings (SSSR count). The third kappa shape index (κ3) is 8.80. The molecule has 0 radical (unpaired) electrons. The predicted molar refractivity (Wildman–Crippen MR) is 61.2 cm³/mol. The van der Waals surface area contributed by atoms with Gasteiger partial charge in [0, 0.05) is 25.7 Å². The van der Waals surface area contributed by atoms with Gasteiger partial charge in [0.25, 0.3) is 0 Å². The predicted octanol–water partition coefficient (Wildman–Crippen LogP) is -0.373. The fraction of sp³-hybridized carbons (Fsp3) is 1.00. The van der Waals surface area contributed by atoms with Gasteiger partial charge in [0.1, 0.15) is 0 Å². The van der Waals surface area contributed by atoms with Gasteiger partial charge in [-0.1, -0.05) is 0 Å². The first-order chi connectivity index (χ1) is 6.72. The lowest BCUT2D eigenvalue weighted by atomic mass is 10.2. The Morgan fingerprint density at radius 3 is 2.20 bits per heavy atom. The maximum absolute atomic E-state index is 10.8. The molecule has 0 bridgehead atoms. The summed E-state index contributed by atoms with van der Waals surface area (Å²) in [5, 5.41) is 9.25. The number of sulfonamides is 1. The van der Waals surface area contributed by atoms with Gasteiger partial charge in [0.2, 0.25) is 10.0 Å². The van der Waals surface area contributed by atoms with Crippen molar-refractivity contribution in [2.24, 2.45) is 0 Å². The van der Waals surface area contributed by atoms with Crippen molar-refractivity contribution in [2.75, 3.05) is 25.9 Å². The fourth-order valence-electron chi connectivity index (χ4n) is 1.27. The standard InChI is InChI=1S/C9H22N2O3S/c1-8(2)11(7-9(3)12)6-5-10-15(4,13)14/h8-10,12H,5-7H2,1-4H3. The van der Waals surface area contributed by atoms with Gasteiger partial charge in [-0.2, -0.15) is 0 Å². The molecule has 0 spiro atoms. The molecule has 1 unspecified atom stereocenters. The van der Waals surface area contributed by atoms with Gasteiger partial charge in [0.05, 0.1) is 12.4 Å². The highest BCUT2D eigenvalue weighted by Gasteiger charge is 2.12. The van der Waals surface area contributed by atoms with E-state index in [0.717, 1.165) is 6.26 Å². The molecule has 0 saturated heterocycles. The van der Waals surface area contributed by atoms with Crippen LogP contribution in [-0.2, 0) is 10.0 Å². The van der Waals surface area contributed by atoms with Crippen molar-refractivity contribution in [3.63, 3.8) is 0 Å². The Kier molecular flexibility index (Phi) is 6.35. The van der Waals surface area contributed by atoms with E-state index in [1.165, 1.54) is 0 Å². The van der Waals surface area contributed by atoms with Gasteiger partial charge in [0.15, 0.2) is 0 Å². The third-order valence-electron chi connectivity index (χ3n) is 1.99. The zero-order chi connectivity index (χ0) is 12.1. The number of rotatable bonds is 7. The summed E-state index contributed by atoms with van der Waals surface area (Å²) in [5.74, 6) is 0. The van der Waals surface area contributed by atoms with Crippen LogP contribution in [0.4, 0.5) is 0 Å². The highest BCUT2D eigenvalue weighted by Crippen LogP contribution is 1.99. The van der Waals surface area contributed by atoms with Crippen molar-refractivity contribution in [2.45, 2.75) is 32.9 Å². The average Bonchev–Trinajstić information content (AvgIpc) is 1.99. The number of aliphatic hydroxyl groups excluding tert-OH is 1. The zero-order valence-electron chi connectivity index (χ0n) is 9.90. The Morgan fingerprint density at radius 1 is 1.33 bits per heavy atom. The minimum atomic E-state index is -3.11. The number of hydrogen-bond donors (Lipinski definition) is 2. The lowest BCUT2D eigenvalue weighted by molar-refractivity contribution is 0.109. The Balaban J connectivity index is 3.97. The van der Waals surface area contributed by atoms with Gasteiger partial charge >= 0.3 is 0 Å². The highest BCUT2D eigenvalue weighted by molar-refractivity contribution is 7.88. The van der Waals surface area contributed by atoms with Crippen molar-refractivity contribution in [3.8, 4) is 0 Å². The molecule has 0 aromatic heterocycles. The summed E-state index contributed by atoms with van der Waals surface area (Å²) in [6, 6.07) is 0.293. The molecule has 0 aromatic rings. The van der Waals surface area contributed by atoms with Crippen molar-refractivity contribution in [1.29, 1.82) is 0 Å². The third-order valence-corrected chi connectivity index (χ3v) is 2.72. The fourth-order valence-corrected chi connectivity index (χ4v) is 1.74. The Bertz CT molecular complexity index is 263. The molecule has 0 aromatic carbocycles. The normalized spacial score (nSPS) is 14.9. The van der Waals surface area contributed by atoms with Crippen LogP contribution in [0.3, 0.4) is 0 Å². The summed E-state index contributed by atoms with van der Waals surface area (Å²) in [5.41, 5.74) is 0. The van der Waals surface area contributed by atoms with E-state index in [-0.39, 0.29) is 0 Å². The lowest BCUT2D eigenvalue weighted by Gasteiger charge is -2.27. The van der Waals surface area contributed by atoms with Crippen molar-refractivity contribution in [1.82, 2.24) is 9.62 Å². The first kappa shape index (κ1) is 14.8. The molecule has 0 fully saturated rings. The summed E-state index contributed by atoms with van der Waals surface area (Å²) in [7, 11) is -3.11. The number of nitrogens with zero attached hydrogens (tertiary/aromatic N) is 1. The van der Waals surface area contributed by atoms with Crippen LogP contribution in [0.15, 0.2) is 0 Å². The summed E-state index contributed by atoms with van der Waals surface area (Å²) < 4.78 is 24.1. The minimum Gasteiger partial charge on any atom is -0.392 e. The molecule has 0 heterocycles. The van der Waals surface area contributed by atoms with Crippen LogP contribution in [0, 0.1) is 0 Å². The van der Waals surface area contributed by atoms with E-state index in [1.54, 1.807) is 6.92 Å². The molecular formula is C9H22N2O3S. The van der Waals surface area contributed by atoms with E-state index in [9.17, 15) is 13.5 Å². The van der Waals surface area contributed by atoms with E-state index >= 15 is 0 Å². The van der Waals surface area contributed by atoms with Crippen LogP contribution in [0.5, 0.6) is 0 Å². The number of aliphatic hydroxyl groups is 1. The van der Waals surface area contributed by atoms with Crippen molar-refractivity contribution in [3.05, 3.63) is 0 Å². The summed E-state index contributed by atoms with van der Waals surface area (Å²) >= 11 is 0. The molecule has 6 heteroatoms. The number of hydrogen-bond acceptors (Lipinski definition) is 4. The van der Waals surface area contributed by atoms with Crippen LogP contribution < -0.4 is 4.72 Å². The van der Waals surface area contributed by atoms with Crippen LogP contribution in [0.25, 0.3) is 0 Å². The van der Waals surface area contributed by atoms with E-state index < -0.39 is 16.1 Å². The highest BCUT2D eigenvalue weighted by atomic mass is 32.2. The number of nitrogens with one attached hydrogen (secondary N) is 1. The SMILES string of the molecule is CC(O)CN(CCNS(C)(=O)=O)C(C)C. The van der Waals surface area contributed by atoms with Gasteiger partial charge < -0.3 is 5.11 Å². The summed E-state index contributed by atoms with van der Waals surface area (Å²) in [6.07, 6.45) is 0.743. The summed E-state index contributed by atoms with van der Waals surface area (Å²) in [4.78, 5) is 2.03. The van der Waals surface area contributed by atoms with Gasteiger partial charge in [-0.05, 0) is 20.8 Å². The minimum absolute atomic E-state index is 0.293. The van der Waals surface area contributed by atoms with Crippen molar-refractivity contribution < 1.29 is 13.5 Å². The molecule has 0 aliphatic heterocycles. The smallest absolute Gasteiger partial charge is 0.208 e. The second-order valence-electron chi connectivity index (χ2n) is 4.10. The van der Waals surface area contributed by atoms with Crippen LogP contribution in [0.1, 0.15) is 20.8 Å². The molecule has 15 heavy (non-hydrogen) atoms. The molecule has 0 amide bonds. The first-order valence-electron chi connectivity index (χ1n) is 5.09. The maximum Gasteiger partial charge on any atom is 0.208 e. The van der Waals surface area contributed by atoms with Crippen molar-refractivity contribution >= 4 is 10.0 Å². The second-order valence-corrected chi connectivity index (χ2v) is 5.94. The molecule has 0 aliphatic rings. The molecule has 1 atom stereocenters. The van der Waals surface area contributed by atoms with Crippen LogP contribution >= 0.6 is 0 Å². The van der Waals surface area contributed by atoms with Gasteiger partial charge in [-0.15, -0.1) is 0 Å². The Labute approximate surface area is 92.5 Å². The first-order valence-corrected chi connectivity index (χ1v) is 6.98. The van der Waals surface area contributed by atoms with Gasteiger partial charge in [-0.25, -0.2) is 13.1 Å². The quantitative estimate of drug-likeness (QED) is 0.635. The zero-order valence-corrected chi connectivity index (χ0v) is 10.7. The molecule has 0 aliphatic carbocycles. The van der Waals surface area contributed by atoms with E-state index in [0.29, 0.717) is 25.7 Å². The van der Waals surface area contributed by atoms with E-state index in [4.69, 9.17) is 0 Å². The van der Waals surface area contributed by atoms with Gasteiger partial charge in [-0.3, -0.25) is 4.90 Å². The van der Waals surface area contributed by atoms with E-state index in [2.05, 4.69) is 4.72 Å². The van der Waals surface area contributed by atoms with Crippen LogP contribution in [0.2, 0.25) is 0 Å². The largest absolute Gasteiger partial charge is 0.392 e. The Morgan fingerprint density at radius 2 is 1.87 bits per heavy atom. The molecule has 92 valence electrons. The molecule has 0 saturated carbocycles. The lowest BCUT2D eigenvalue weighted by Crippen LogP contribution is -2.41. The topological polar surface area (TPSA) is 69.6 Å². The molecule has 2 N–H and O–H groups in total. The molecule has 5 nitrogen and oxygen atoms in total. The van der Waals surface area contributed by atoms with E-state index in [1.807, 2.05) is 18.7 Å². The van der Waals surface area contributed by atoms with Crippen LogP contribution in [-0.4, -0.2) is 56.5 Å². The summed E-state index contributed by atoms with van der Waals surface area (Å²) in [6.45, 7) is 7.30.